The third kappa shape index (κ3) is 2.79. The van der Waals surface area contributed by atoms with E-state index in [4.69, 9.17) is 4.52 Å². The molecule has 0 N–H and O–H groups in total. The highest BCUT2D eigenvalue weighted by atomic mass is 16.5. The lowest BCUT2D eigenvalue weighted by Gasteiger charge is -2.22. The van der Waals surface area contributed by atoms with E-state index in [0.29, 0.717) is 24.7 Å². The average Bonchev–Trinajstić information content (AvgIpc) is 3.17. The molecule has 7 nitrogen and oxygen atoms in total. The molecule has 0 unspecified atom stereocenters. The molecule has 1 fully saturated rings. The van der Waals surface area contributed by atoms with Crippen molar-refractivity contribution in [3.63, 3.8) is 0 Å². The SMILES string of the molecule is CCc1nc([C@H]2CCCN2C(=O)Cn2ccccc2=O)no1. The predicted molar refractivity (Wildman–Crippen MR) is 78.1 cm³/mol. The zero-order chi connectivity index (χ0) is 15.5. The molecule has 1 aliphatic rings. The number of pyridine rings is 1. The van der Waals surface area contributed by atoms with E-state index in [2.05, 4.69) is 10.1 Å². The lowest BCUT2D eigenvalue weighted by Crippen LogP contribution is -2.36. The zero-order valence-electron chi connectivity index (χ0n) is 12.4. The minimum absolute atomic E-state index is 0.0364. The first-order valence-corrected chi connectivity index (χ1v) is 7.46. The van der Waals surface area contributed by atoms with Crippen molar-refractivity contribution >= 4 is 5.91 Å². The van der Waals surface area contributed by atoms with Crippen molar-refractivity contribution in [2.24, 2.45) is 0 Å². The molecule has 1 atom stereocenters. The first kappa shape index (κ1) is 14.5. The molecule has 0 radical (unpaired) electrons. The van der Waals surface area contributed by atoms with E-state index in [1.807, 2.05) is 6.92 Å². The number of carbonyl (C=O) groups excluding carboxylic acids is 1. The van der Waals surface area contributed by atoms with Crippen LogP contribution in [0.1, 0.15) is 37.5 Å². The Balaban J connectivity index is 1.76. The normalized spacial score (nSPS) is 17.9. The third-order valence-corrected chi connectivity index (χ3v) is 3.86. The highest BCUT2D eigenvalue weighted by Gasteiger charge is 2.33. The first-order valence-electron chi connectivity index (χ1n) is 7.46. The Bertz CT molecular complexity index is 721. The maximum Gasteiger partial charge on any atom is 0.250 e. The minimum atomic E-state index is -0.181. The monoisotopic (exact) mass is 302 g/mol. The number of carbonyl (C=O) groups is 1. The van der Waals surface area contributed by atoms with Crippen molar-refractivity contribution in [1.29, 1.82) is 0 Å². The second-order valence-electron chi connectivity index (χ2n) is 5.31. The molecule has 3 rings (SSSR count). The van der Waals surface area contributed by atoms with Gasteiger partial charge in [0.05, 0.1) is 6.04 Å². The Kier molecular flexibility index (Phi) is 4.04. The molecule has 22 heavy (non-hydrogen) atoms. The summed E-state index contributed by atoms with van der Waals surface area (Å²) >= 11 is 0. The van der Waals surface area contributed by atoms with E-state index < -0.39 is 0 Å². The van der Waals surface area contributed by atoms with Gasteiger partial charge in [-0.25, -0.2) is 0 Å². The van der Waals surface area contributed by atoms with Gasteiger partial charge in [-0.1, -0.05) is 18.1 Å². The number of hydrogen-bond acceptors (Lipinski definition) is 5. The quantitative estimate of drug-likeness (QED) is 0.846. The van der Waals surface area contributed by atoms with Gasteiger partial charge in [-0.2, -0.15) is 4.98 Å². The van der Waals surface area contributed by atoms with Crippen LogP contribution in [-0.2, 0) is 17.8 Å². The number of aromatic nitrogens is 3. The average molecular weight is 302 g/mol. The second kappa shape index (κ2) is 6.13. The largest absolute Gasteiger partial charge is 0.339 e. The summed E-state index contributed by atoms with van der Waals surface area (Å²) < 4.78 is 6.55. The van der Waals surface area contributed by atoms with Crippen LogP contribution in [0.3, 0.4) is 0 Å². The molecule has 0 spiro atoms. The van der Waals surface area contributed by atoms with Crippen LogP contribution >= 0.6 is 0 Å². The molecule has 0 saturated carbocycles. The second-order valence-corrected chi connectivity index (χ2v) is 5.31. The highest BCUT2D eigenvalue weighted by Crippen LogP contribution is 2.30. The Morgan fingerprint density at radius 1 is 1.45 bits per heavy atom. The number of hydrogen-bond donors (Lipinski definition) is 0. The summed E-state index contributed by atoms with van der Waals surface area (Å²) in [5.74, 6) is 1.04. The van der Waals surface area contributed by atoms with Gasteiger partial charge in [0.1, 0.15) is 6.54 Å². The molecule has 0 aliphatic carbocycles. The van der Waals surface area contributed by atoms with Crippen molar-refractivity contribution in [1.82, 2.24) is 19.6 Å². The third-order valence-electron chi connectivity index (χ3n) is 3.86. The lowest BCUT2D eigenvalue weighted by atomic mass is 10.2. The topological polar surface area (TPSA) is 81.2 Å². The van der Waals surface area contributed by atoms with E-state index in [9.17, 15) is 9.59 Å². The van der Waals surface area contributed by atoms with Crippen LogP contribution in [0.15, 0.2) is 33.7 Å². The van der Waals surface area contributed by atoms with Gasteiger partial charge in [0.2, 0.25) is 11.8 Å². The fourth-order valence-electron chi connectivity index (χ4n) is 2.71. The summed E-state index contributed by atoms with van der Waals surface area (Å²) in [7, 11) is 0. The number of aryl methyl sites for hydroxylation is 1. The molecular formula is C15H18N4O3. The molecule has 2 aromatic heterocycles. The maximum atomic E-state index is 12.5. The molecule has 7 heteroatoms. The van der Waals surface area contributed by atoms with E-state index >= 15 is 0 Å². The highest BCUT2D eigenvalue weighted by molar-refractivity contribution is 5.76. The van der Waals surface area contributed by atoms with E-state index in [0.717, 1.165) is 12.8 Å². The molecule has 1 amide bonds. The molecule has 2 aromatic rings. The molecular weight excluding hydrogens is 284 g/mol. The van der Waals surface area contributed by atoms with Crippen molar-refractivity contribution < 1.29 is 9.32 Å². The Morgan fingerprint density at radius 3 is 3.05 bits per heavy atom. The van der Waals surface area contributed by atoms with Gasteiger partial charge in [0.15, 0.2) is 5.82 Å². The molecule has 0 bridgehead atoms. The maximum absolute atomic E-state index is 12.5. The van der Waals surface area contributed by atoms with Gasteiger partial charge in [0, 0.05) is 25.2 Å². The fraction of sp³-hybridized carbons (Fsp3) is 0.467. The van der Waals surface area contributed by atoms with Gasteiger partial charge >= 0.3 is 0 Å². The van der Waals surface area contributed by atoms with Crippen LogP contribution < -0.4 is 5.56 Å². The summed E-state index contributed by atoms with van der Waals surface area (Å²) in [4.78, 5) is 30.3. The van der Waals surface area contributed by atoms with Crippen molar-refractivity contribution in [3.8, 4) is 0 Å². The van der Waals surface area contributed by atoms with E-state index in [-0.39, 0.29) is 24.1 Å². The standard InChI is InChI=1S/C15H18N4O3/c1-2-12-16-15(17-22-12)11-6-5-9-19(11)14(21)10-18-8-4-3-7-13(18)20/h3-4,7-8,11H,2,5-6,9-10H2,1H3/t11-/m1/s1. The van der Waals surface area contributed by atoms with Gasteiger partial charge in [-0.3, -0.25) is 9.59 Å². The zero-order valence-corrected chi connectivity index (χ0v) is 12.4. The van der Waals surface area contributed by atoms with Crippen LogP contribution in [0.5, 0.6) is 0 Å². The van der Waals surface area contributed by atoms with E-state index in [1.165, 1.54) is 10.6 Å². The van der Waals surface area contributed by atoms with Crippen LogP contribution in [0, 0.1) is 0 Å². The molecule has 1 aliphatic heterocycles. The summed E-state index contributed by atoms with van der Waals surface area (Å²) in [6, 6.07) is 4.69. The molecule has 116 valence electrons. The summed E-state index contributed by atoms with van der Waals surface area (Å²) in [5, 5.41) is 3.98. The van der Waals surface area contributed by atoms with Gasteiger partial charge in [-0.05, 0) is 18.9 Å². The predicted octanol–water partition coefficient (Wildman–Crippen LogP) is 1.16. The van der Waals surface area contributed by atoms with E-state index in [1.54, 1.807) is 23.2 Å². The summed E-state index contributed by atoms with van der Waals surface area (Å²) in [6.45, 7) is 2.63. The van der Waals surface area contributed by atoms with Crippen LogP contribution in [0.2, 0.25) is 0 Å². The molecule has 1 saturated heterocycles. The van der Waals surface area contributed by atoms with Gasteiger partial charge in [-0.15, -0.1) is 0 Å². The lowest BCUT2D eigenvalue weighted by molar-refractivity contribution is -0.133. The van der Waals surface area contributed by atoms with Gasteiger partial charge < -0.3 is 14.0 Å². The number of nitrogens with zero attached hydrogens (tertiary/aromatic N) is 4. The van der Waals surface area contributed by atoms with Crippen molar-refractivity contribution in [3.05, 3.63) is 46.5 Å². The number of amides is 1. The van der Waals surface area contributed by atoms with Crippen molar-refractivity contribution in [2.75, 3.05) is 6.54 Å². The Labute approximate surface area is 127 Å². The number of likely N-dealkylation sites (tertiary alicyclic amines) is 1. The van der Waals surface area contributed by atoms with Crippen LogP contribution in [0.25, 0.3) is 0 Å². The number of rotatable bonds is 4. The minimum Gasteiger partial charge on any atom is -0.339 e. The van der Waals surface area contributed by atoms with Crippen LogP contribution in [-0.4, -0.2) is 32.1 Å². The summed E-state index contributed by atoms with van der Waals surface area (Å²) in [6.07, 6.45) is 4.01. The molecule has 3 heterocycles. The Morgan fingerprint density at radius 2 is 2.32 bits per heavy atom. The van der Waals surface area contributed by atoms with Crippen LogP contribution in [0.4, 0.5) is 0 Å². The molecule has 0 aromatic carbocycles. The summed E-state index contributed by atoms with van der Waals surface area (Å²) in [5.41, 5.74) is -0.181. The fourth-order valence-corrected chi connectivity index (χ4v) is 2.71. The Hall–Kier alpha value is -2.44. The first-order chi connectivity index (χ1) is 10.7. The van der Waals surface area contributed by atoms with Crippen molar-refractivity contribution in [2.45, 2.75) is 38.8 Å². The van der Waals surface area contributed by atoms with Gasteiger partial charge in [0.25, 0.3) is 5.56 Å². The smallest absolute Gasteiger partial charge is 0.250 e.